The molecule has 0 heterocycles. The fraction of sp³-hybridized carbons (Fsp3) is 0.571. The number of hydrogen-bond donors (Lipinski definition) is 1. The predicted octanol–water partition coefficient (Wildman–Crippen LogP) is 3.74. The molecule has 1 aromatic rings. The Balaban J connectivity index is 1.74. The highest BCUT2D eigenvalue weighted by Crippen LogP contribution is 2.59. The van der Waals surface area contributed by atoms with Gasteiger partial charge in [0.15, 0.2) is 0 Å². The van der Waals surface area contributed by atoms with Crippen LogP contribution in [0.4, 0.5) is 0 Å². The molecule has 0 saturated heterocycles. The minimum atomic E-state index is -1.08. The summed E-state index contributed by atoms with van der Waals surface area (Å²) in [5.41, 5.74) is 2.03. The van der Waals surface area contributed by atoms with Crippen molar-refractivity contribution in [1.82, 2.24) is 0 Å². The molecule has 138 valence electrons. The van der Waals surface area contributed by atoms with Crippen molar-refractivity contribution in [2.45, 2.75) is 58.3 Å². The number of esters is 1. The Labute approximate surface area is 152 Å². The molecule has 26 heavy (non-hydrogen) atoms. The number of Topliss-reactive ketones (excluding diaryl/α,β-unsaturated/α-hetero) is 1. The van der Waals surface area contributed by atoms with Gasteiger partial charge in [-0.2, -0.15) is 0 Å². The van der Waals surface area contributed by atoms with Crippen LogP contribution in [-0.4, -0.2) is 22.8 Å². The molecule has 5 nitrogen and oxygen atoms in total. The van der Waals surface area contributed by atoms with Crippen LogP contribution in [0.3, 0.4) is 0 Å². The van der Waals surface area contributed by atoms with Crippen molar-refractivity contribution >= 4 is 17.7 Å². The number of aryl methyl sites for hydroxylation is 1. The summed E-state index contributed by atoms with van der Waals surface area (Å²) in [5.74, 6) is 0.0911. The quantitative estimate of drug-likeness (QED) is 0.645. The van der Waals surface area contributed by atoms with E-state index < -0.39 is 11.9 Å². The molecule has 1 aromatic carbocycles. The van der Waals surface area contributed by atoms with E-state index >= 15 is 0 Å². The summed E-state index contributed by atoms with van der Waals surface area (Å²) >= 11 is 0. The van der Waals surface area contributed by atoms with Crippen LogP contribution in [0.25, 0.3) is 0 Å². The zero-order chi connectivity index (χ0) is 18.6. The van der Waals surface area contributed by atoms with E-state index in [9.17, 15) is 19.5 Å². The Kier molecular flexibility index (Phi) is 3.94. The number of benzene rings is 1. The minimum absolute atomic E-state index is 0.0513. The number of rotatable bonds is 2. The van der Waals surface area contributed by atoms with Gasteiger partial charge in [-0.1, -0.05) is 6.92 Å². The van der Waals surface area contributed by atoms with Gasteiger partial charge in [-0.25, -0.2) is 4.79 Å². The summed E-state index contributed by atoms with van der Waals surface area (Å²) in [6.07, 6.45) is 5.29. The van der Waals surface area contributed by atoms with Crippen LogP contribution in [0.1, 0.15) is 73.4 Å². The van der Waals surface area contributed by atoms with Gasteiger partial charge in [-0.15, -0.1) is 0 Å². The van der Waals surface area contributed by atoms with Crippen LogP contribution < -0.4 is 4.74 Å². The molecule has 4 atom stereocenters. The standard InChI is InChI=1S/C21H24O5/c1-11(22)26-18-9-12-3-4-14-13(15(12)10-16(18)20(24)25)7-8-21(2)17(14)5-6-19(21)23/h9-10,13-14,17H,3-8H2,1-2H3,(H,24,25)/t13-,14+,17-,21-/m0/s1. The third-order valence-corrected chi connectivity index (χ3v) is 7.02. The zero-order valence-corrected chi connectivity index (χ0v) is 15.2. The molecule has 0 aromatic heterocycles. The van der Waals surface area contributed by atoms with E-state index in [4.69, 9.17) is 4.74 Å². The number of carbonyl (C=O) groups excluding carboxylic acids is 2. The van der Waals surface area contributed by atoms with Gasteiger partial charge in [-0.3, -0.25) is 9.59 Å². The maximum absolute atomic E-state index is 12.4. The maximum Gasteiger partial charge on any atom is 0.339 e. The SMILES string of the molecule is CC(=O)Oc1cc2c(cc1C(=O)O)[C@H]1CC[C@]3(C)C(=O)CC[C@H]3[C@@H]1CC2. The second-order valence-corrected chi connectivity index (χ2v) is 8.28. The van der Waals surface area contributed by atoms with Gasteiger partial charge in [0, 0.05) is 18.8 Å². The molecule has 2 fully saturated rings. The van der Waals surface area contributed by atoms with E-state index in [1.807, 2.05) is 0 Å². The van der Waals surface area contributed by atoms with E-state index in [0.29, 0.717) is 30.0 Å². The first-order valence-corrected chi connectivity index (χ1v) is 9.43. The van der Waals surface area contributed by atoms with Crippen molar-refractivity contribution in [1.29, 1.82) is 0 Å². The third kappa shape index (κ3) is 2.48. The van der Waals surface area contributed by atoms with E-state index in [1.165, 1.54) is 6.92 Å². The highest BCUT2D eigenvalue weighted by molar-refractivity contribution is 5.92. The number of carboxylic acids is 1. The molecule has 0 aliphatic heterocycles. The molecule has 2 saturated carbocycles. The smallest absolute Gasteiger partial charge is 0.339 e. The van der Waals surface area contributed by atoms with Crippen LogP contribution in [0.15, 0.2) is 12.1 Å². The predicted molar refractivity (Wildman–Crippen MR) is 94.3 cm³/mol. The molecular formula is C21H24O5. The third-order valence-electron chi connectivity index (χ3n) is 7.02. The van der Waals surface area contributed by atoms with Crippen molar-refractivity contribution in [2.75, 3.05) is 0 Å². The molecule has 0 amide bonds. The molecule has 0 bridgehead atoms. The molecule has 3 aliphatic rings. The van der Waals surface area contributed by atoms with E-state index in [0.717, 1.165) is 43.2 Å². The van der Waals surface area contributed by atoms with Crippen molar-refractivity contribution in [2.24, 2.45) is 17.3 Å². The lowest BCUT2D eigenvalue weighted by Gasteiger charge is -2.48. The Morgan fingerprint density at radius 3 is 2.65 bits per heavy atom. The Morgan fingerprint density at radius 2 is 1.96 bits per heavy atom. The molecule has 3 aliphatic carbocycles. The van der Waals surface area contributed by atoms with Crippen LogP contribution in [0.5, 0.6) is 5.75 Å². The highest BCUT2D eigenvalue weighted by atomic mass is 16.5. The first-order valence-electron chi connectivity index (χ1n) is 9.43. The fourth-order valence-electron chi connectivity index (χ4n) is 5.78. The first kappa shape index (κ1) is 17.3. The number of ether oxygens (including phenoxy) is 1. The van der Waals surface area contributed by atoms with Gasteiger partial charge < -0.3 is 9.84 Å². The molecule has 0 unspecified atom stereocenters. The van der Waals surface area contributed by atoms with E-state index in [2.05, 4.69) is 6.92 Å². The normalized spacial score (nSPS) is 32.4. The fourth-order valence-corrected chi connectivity index (χ4v) is 5.78. The lowest BCUT2D eigenvalue weighted by atomic mass is 9.55. The van der Waals surface area contributed by atoms with Crippen molar-refractivity contribution in [3.05, 3.63) is 28.8 Å². The van der Waals surface area contributed by atoms with Crippen molar-refractivity contribution in [3.8, 4) is 5.75 Å². The zero-order valence-electron chi connectivity index (χ0n) is 15.2. The molecule has 0 radical (unpaired) electrons. The monoisotopic (exact) mass is 356 g/mol. The van der Waals surface area contributed by atoms with Crippen molar-refractivity contribution < 1.29 is 24.2 Å². The van der Waals surface area contributed by atoms with Crippen LogP contribution in [0.2, 0.25) is 0 Å². The summed E-state index contributed by atoms with van der Waals surface area (Å²) in [5, 5.41) is 9.57. The van der Waals surface area contributed by atoms with Gasteiger partial charge in [-0.05, 0) is 73.1 Å². The molecule has 5 heteroatoms. The molecule has 4 rings (SSSR count). The summed E-state index contributed by atoms with van der Waals surface area (Å²) < 4.78 is 5.14. The first-order chi connectivity index (χ1) is 12.3. The Morgan fingerprint density at radius 1 is 1.19 bits per heavy atom. The topological polar surface area (TPSA) is 80.7 Å². The summed E-state index contributed by atoms with van der Waals surface area (Å²) in [6.45, 7) is 3.41. The number of carbonyl (C=O) groups is 3. The Hall–Kier alpha value is -2.17. The second kappa shape index (κ2) is 5.93. The minimum Gasteiger partial charge on any atom is -0.478 e. The summed E-state index contributed by atoms with van der Waals surface area (Å²) in [7, 11) is 0. The highest BCUT2D eigenvalue weighted by Gasteiger charge is 2.54. The molecule has 0 spiro atoms. The van der Waals surface area contributed by atoms with Gasteiger partial charge in [0.2, 0.25) is 0 Å². The molecule has 1 N–H and O–H groups in total. The average Bonchev–Trinajstić information content (AvgIpc) is 2.88. The number of hydrogen-bond acceptors (Lipinski definition) is 4. The van der Waals surface area contributed by atoms with E-state index in [-0.39, 0.29) is 16.7 Å². The maximum atomic E-state index is 12.4. The lowest BCUT2D eigenvalue weighted by molar-refractivity contribution is -0.132. The number of ketones is 1. The van der Waals surface area contributed by atoms with Crippen molar-refractivity contribution in [3.63, 3.8) is 0 Å². The van der Waals surface area contributed by atoms with Crippen LogP contribution >= 0.6 is 0 Å². The summed E-state index contributed by atoms with van der Waals surface area (Å²) in [6, 6.07) is 3.45. The Bertz CT molecular complexity index is 811. The average molecular weight is 356 g/mol. The number of aromatic carboxylic acids is 1. The van der Waals surface area contributed by atoms with Gasteiger partial charge in [0.1, 0.15) is 17.1 Å². The van der Waals surface area contributed by atoms with Crippen LogP contribution in [0, 0.1) is 17.3 Å². The summed E-state index contributed by atoms with van der Waals surface area (Å²) in [4.78, 5) is 35.4. The number of fused-ring (bicyclic) bond motifs is 5. The molecular weight excluding hydrogens is 332 g/mol. The van der Waals surface area contributed by atoms with Gasteiger partial charge in [0.05, 0.1) is 0 Å². The lowest BCUT2D eigenvalue weighted by Crippen LogP contribution is -2.42. The second-order valence-electron chi connectivity index (χ2n) is 8.28. The van der Waals surface area contributed by atoms with Gasteiger partial charge >= 0.3 is 11.9 Å². The van der Waals surface area contributed by atoms with Crippen LogP contribution in [-0.2, 0) is 16.0 Å². The largest absolute Gasteiger partial charge is 0.478 e. The van der Waals surface area contributed by atoms with Gasteiger partial charge in [0.25, 0.3) is 0 Å². The number of carboxylic acid groups (broad SMARTS) is 1. The van der Waals surface area contributed by atoms with E-state index in [1.54, 1.807) is 12.1 Å².